The normalized spacial score (nSPS) is 10.8. The fourth-order valence-electron chi connectivity index (χ4n) is 1.47. The van der Waals surface area contributed by atoms with Crippen LogP contribution < -0.4 is 0 Å². The molecule has 1 aromatic carbocycles. The Balaban J connectivity index is 2.00. The van der Waals surface area contributed by atoms with Crippen LogP contribution >= 0.6 is 23.4 Å². The predicted molar refractivity (Wildman–Crippen MR) is 75.8 cm³/mol. The van der Waals surface area contributed by atoms with Gasteiger partial charge in [-0.05, 0) is 24.3 Å². The van der Waals surface area contributed by atoms with Crippen molar-refractivity contribution in [1.29, 1.82) is 0 Å². The lowest BCUT2D eigenvalue weighted by Gasteiger charge is -1.96. The Bertz CT molecular complexity index is 501. The third-order valence-electron chi connectivity index (χ3n) is 2.45. The van der Waals surface area contributed by atoms with Crippen LogP contribution in [0.4, 0.5) is 0 Å². The van der Waals surface area contributed by atoms with E-state index < -0.39 is 0 Å². The number of thioether (sulfide) groups is 1. The Hall–Kier alpha value is -1.00. The second-order valence-corrected chi connectivity index (χ2v) is 5.41. The number of hydrogen-bond donors (Lipinski definition) is 0. The van der Waals surface area contributed by atoms with Crippen LogP contribution in [-0.2, 0) is 5.75 Å². The molecule has 2 rings (SSSR count). The molecule has 0 spiro atoms. The molecule has 0 bridgehead atoms. The first kappa shape index (κ1) is 13.4. The van der Waals surface area contributed by atoms with Crippen LogP contribution in [0.2, 0.25) is 5.02 Å². The summed E-state index contributed by atoms with van der Waals surface area (Å²) in [4.78, 5) is 4.36. The summed E-state index contributed by atoms with van der Waals surface area (Å²) in [5, 5.41) is 4.60. The van der Waals surface area contributed by atoms with Crippen molar-refractivity contribution in [2.75, 3.05) is 5.75 Å². The SMILES string of the molecule is CCCCSCc1noc(-c2ccccc2Cl)n1. The Morgan fingerprint density at radius 2 is 2.17 bits per heavy atom. The summed E-state index contributed by atoms with van der Waals surface area (Å²) >= 11 is 7.91. The smallest absolute Gasteiger partial charge is 0.259 e. The van der Waals surface area contributed by atoms with Gasteiger partial charge in [-0.3, -0.25) is 0 Å². The van der Waals surface area contributed by atoms with Gasteiger partial charge in [0.05, 0.1) is 16.3 Å². The number of halogens is 1. The molecule has 1 aromatic heterocycles. The van der Waals surface area contributed by atoms with E-state index >= 15 is 0 Å². The average Bonchev–Trinajstić information content (AvgIpc) is 2.84. The van der Waals surface area contributed by atoms with Crippen LogP contribution in [0.15, 0.2) is 28.8 Å². The first-order valence-corrected chi connectivity index (χ1v) is 7.49. The van der Waals surface area contributed by atoms with Gasteiger partial charge >= 0.3 is 0 Å². The molecule has 0 fully saturated rings. The molecule has 0 aliphatic rings. The summed E-state index contributed by atoms with van der Waals surface area (Å²) in [5.74, 6) is 3.14. The molecule has 0 saturated heterocycles. The van der Waals surface area contributed by atoms with Gasteiger partial charge < -0.3 is 4.52 Å². The number of rotatable bonds is 6. The molecule has 2 aromatic rings. The quantitative estimate of drug-likeness (QED) is 0.735. The molecule has 1 heterocycles. The van der Waals surface area contributed by atoms with Crippen LogP contribution in [0, 0.1) is 0 Å². The first-order chi connectivity index (χ1) is 8.81. The van der Waals surface area contributed by atoms with Gasteiger partial charge in [-0.15, -0.1) is 0 Å². The van der Waals surface area contributed by atoms with Gasteiger partial charge in [-0.1, -0.05) is 42.2 Å². The van der Waals surface area contributed by atoms with E-state index in [1.165, 1.54) is 12.8 Å². The van der Waals surface area contributed by atoms with Crippen LogP contribution in [0.25, 0.3) is 11.5 Å². The molecule has 5 heteroatoms. The second-order valence-electron chi connectivity index (χ2n) is 3.90. The fraction of sp³-hybridized carbons (Fsp3) is 0.385. The maximum absolute atomic E-state index is 6.08. The van der Waals surface area contributed by atoms with Crippen molar-refractivity contribution in [2.45, 2.75) is 25.5 Å². The second kappa shape index (κ2) is 6.81. The van der Waals surface area contributed by atoms with Gasteiger partial charge in [0, 0.05) is 0 Å². The molecule has 96 valence electrons. The number of benzene rings is 1. The summed E-state index contributed by atoms with van der Waals surface area (Å²) in [6.07, 6.45) is 2.43. The predicted octanol–water partition coefficient (Wildman–Crippen LogP) is 4.42. The van der Waals surface area contributed by atoms with Crippen molar-refractivity contribution < 1.29 is 4.52 Å². The lowest BCUT2D eigenvalue weighted by Crippen LogP contribution is -1.86. The molecule has 3 nitrogen and oxygen atoms in total. The number of nitrogens with zero attached hydrogens (tertiary/aromatic N) is 2. The zero-order chi connectivity index (χ0) is 12.8. The first-order valence-electron chi connectivity index (χ1n) is 5.96. The lowest BCUT2D eigenvalue weighted by atomic mass is 10.2. The highest BCUT2D eigenvalue weighted by molar-refractivity contribution is 7.98. The molecular formula is C13H15ClN2OS. The van der Waals surface area contributed by atoms with E-state index in [0.717, 1.165) is 22.9 Å². The molecule has 0 amide bonds. The van der Waals surface area contributed by atoms with Crippen molar-refractivity contribution in [3.63, 3.8) is 0 Å². The van der Waals surface area contributed by atoms with Crippen molar-refractivity contribution >= 4 is 23.4 Å². The fourth-order valence-corrected chi connectivity index (χ4v) is 2.62. The third kappa shape index (κ3) is 3.50. The minimum atomic E-state index is 0.492. The van der Waals surface area contributed by atoms with E-state index in [-0.39, 0.29) is 0 Å². The van der Waals surface area contributed by atoms with Gasteiger partial charge in [0.1, 0.15) is 0 Å². The molecule has 0 aliphatic carbocycles. The van der Waals surface area contributed by atoms with E-state index in [0.29, 0.717) is 10.9 Å². The van der Waals surface area contributed by atoms with Crippen molar-refractivity contribution in [3.8, 4) is 11.5 Å². The maximum atomic E-state index is 6.08. The topological polar surface area (TPSA) is 38.9 Å². The summed E-state index contributed by atoms with van der Waals surface area (Å²) in [5.41, 5.74) is 0.788. The number of hydrogen-bond acceptors (Lipinski definition) is 4. The Labute approximate surface area is 116 Å². The van der Waals surface area contributed by atoms with Crippen molar-refractivity contribution in [3.05, 3.63) is 35.1 Å². The zero-order valence-corrected chi connectivity index (χ0v) is 11.8. The minimum Gasteiger partial charge on any atom is -0.334 e. The molecule has 0 aliphatic heterocycles. The highest BCUT2D eigenvalue weighted by atomic mass is 35.5. The lowest BCUT2D eigenvalue weighted by molar-refractivity contribution is 0.425. The summed E-state index contributed by atoms with van der Waals surface area (Å²) in [6, 6.07) is 7.48. The Morgan fingerprint density at radius 1 is 1.33 bits per heavy atom. The molecule has 18 heavy (non-hydrogen) atoms. The minimum absolute atomic E-state index is 0.492. The molecule has 0 atom stereocenters. The monoisotopic (exact) mass is 282 g/mol. The van der Waals surface area contributed by atoms with E-state index in [1.807, 2.05) is 36.0 Å². The largest absolute Gasteiger partial charge is 0.334 e. The number of unbranched alkanes of at least 4 members (excludes halogenated alkanes) is 1. The van der Waals surface area contributed by atoms with Crippen LogP contribution in [0.5, 0.6) is 0 Å². The van der Waals surface area contributed by atoms with Crippen LogP contribution in [0.1, 0.15) is 25.6 Å². The molecular weight excluding hydrogens is 268 g/mol. The van der Waals surface area contributed by atoms with Crippen LogP contribution in [0.3, 0.4) is 0 Å². The van der Waals surface area contributed by atoms with Crippen molar-refractivity contribution in [2.24, 2.45) is 0 Å². The van der Waals surface area contributed by atoms with Crippen LogP contribution in [-0.4, -0.2) is 15.9 Å². The Kier molecular flexibility index (Phi) is 5.08. The van der Waals surface area contributed by atoms with Gasteiger partial charge in [-0.2, -0.15) is 16.7 Å². The molecule has 0 unspecified atom stereocenters. The molecule has 0 N–H and O–H groups in total. The zero-order valence-electron chi connectivity index (χ0n) is 10.2. The summed E-state index contributed by atoms with van der Waals surface area (Å²) in [6.45, 7) is 2.18. The van der Waals surface area contributed by atoms with Gasteiger partial charge in [0.25, 0.3) is 5.89 Å². The highest BCUT2D eigenvalue weighted by Crippen LogP contribution is 2.26. The standard InChI is InChI=1S/C13H15ClN2OS/c1-2-3-8-18-9-12-15-13(17-16-12)10-6-4-5-7-11(10)14/h4-7H,2-3,8-9H2,1H3. The van der Waals surface area contributed by atoms with Crippen molar-refractivity contribution in [1.82, 2.24) is 10.1 Å². The van der Waals surface area contributed by atoms with E-state index in [1.54, 1.807) is 0 Å². The Morgan fingerprint density at radius 3 is 2.94 bits per heavy atom. The maximum Gasteiger partial charge on any atom is 0.259 e. The molecule has 0 saturated carbocycles. The van der Waals surface area contributed by atoms with Gasteiger partial charge in [-0.25, -0.2) is 0 Å². The highest BCUT2D eigenvalue weighted by Gasteiger charge is 2.11. The van der Waals surface area contributed by atoms with E-state index in [2.05, 4.69) is 17.1 Å². The third-order valence-corrected chi connectivity index (χ3v) is 3.82. The van der Waals surface area contributed by atoms with E-state index in [4.69, 9.17) is 16.1 Å². The summed E-state index contributed by atoms with van der Waals surface area (Å²) < 4.78 is 5.23. The number of aromatic nitrogens is 2. The molecule has 0 radical (unpaired) electrons. The van der Waals surface area contributed by atoms with E-state index in [9.17, 15) is 0 Å². The van der Waals surface area contributed by atoms with Gasteiger partial charge in [0.15, 0.2) is 5.82 Å². The average molecular weight is 283 g/mol. The summed E-state index contributed by atoms with van der Waals surface area (Å²) in [7, 11) is 0. The van der Waals surface area contributed by atoms with Gasteiger partial charge in [0.2, 0.25) is 0 Å².